The van der Waals surface area contributed by atoms with Crippen LogP contribution in [0.1, 0.15) is 25.6 Å². The average molecular weight is 313 g/mol. The Morgan fingerprint density at radius 3 is 2.77 bits per heavy atom. The Hall–Kier alpha value is -2.11. The van der Waals surface area contributed by atoms with Crippen LogP contribution in [0.3, 0.4) is 0 Å². The zero-order valence-corrected chi connectivity index (χ0v) is 13.4. The first-order chi connectivity index (χ1) is 10.7. The smallest absolute Gasteiger partial charge is 0.187 e. The van der Waals surface area contributed by atoms with E-state index in [1.807, 2.05) is 30.3 Å². The van der Waals surface area contributed by atoms with E-state index in [-0.39, 0.29) is 6.04 Å². The van der Waals surface area contributed by atoms with Crippen LogP contribution in [0.25, 0.3) is 10.8 Å². The lowest BCUT2D eigenvalue weighted by atomic mass is 10.1. The van der Waals surface area contributed by atoms with Gasteiger partial charge in [-0.05, 0) is 25.6 Å². The van der Waals surface area contributed by atoms with Gasteiger partial charge in [-0.2, -0.15) is 0 Å². The molecule has 0 fully saturated rings. The highest BCUT2D eigenvalue weighted by atomic mass is 32.1. The van der Waals surface area contributed by atoms with Crippen LogP contribution in [-0.2, 0) is 0 Å². The minimum atomic E-state index is 0.244. The molecule has 0 aliphatic rings. The van der Waals surface area contributed by atoms with Crippen LogP contribution in [0, 0.1) is 0 Å². The van der Waals surface area contributed by atoms with Gasteiger partial charge >= 0.3 is 0 Å². The largest absolute Gasteiger partial charge is 0.507 e. The number of rotatable bonds is 5. The summed E-state index contributed by atoms with van der Waals surface area (Å²) in [5.41, 5.74) is 1.99. The third-order valence-corrected chi connectivity index (χ3v) is 4.39. The Morgan fingerprint density at radius 1 is 1.18 bits per heavy atom. The number of phenols is 1. The zero-order chi connectivity index (χ0) is 15.5. The normalized spacial score (nSPS) is 12.5. The van der Waals surface area contributed by atoms with Crippen molar-refractivity contribution in [1.82, 2.24) is 10.3 Å². The number of fused-ring (bicyclic) bond motifs is 1. The Bertz CT molecular complexity index is 784. The molecule has 2 aromatic carbocycles. The molecule has 0 amide bonds. The molecular weight excluding hydrogens is 294 g/mol. The predicted octanol–water partition coefficient (Wildman–Crippen LogP) is 4.42. The summed E-state index contributed by atoms with van der Waals surface area (Å²) in [5.74, 6) is 0.293. The summed E-state index contributed by atoms with van der Waals surface area (Å²) in [6.07, 6.45) is 0. The molecule has 1 unspecified atom stereocenters. The molecule has 22 heavy (non-hydrogen) atoms. The summed E-state index contributed by atoms with van der Waals surface area (Å²) in [7, 11) is 0. The number of thiazole rings is 1. The van der Waals surface area contributed by atoms with Crippen molar-refractivity contribution in [1.29, 1.82) is 0 Å². The lowest BCUT2D eigenvalue weighted by Gasteiger charge is -2.09. The number of hydrogen-bond donors (Lipinski definition) is 3. The molecule has 3 aromatic rings. The number of benzene rings is 2. The maximum atomic E-state index is 9.95. The summed E-state index contributed by atoms with van der Waals surface area (Å²) >= 11 is 1.59. The first kappa shape index (κ1) is 14.8. The minimum absolute atomic E-state index is 0.244. The quantitative estimate of drug-likeness (QED) is 0.653. The van der Waals surface area contributed by atoms with Gasteiger partial charge in [-0.25, -0.2) is 4.98 Å². The molecule has 0 aliphatic heterocycles. The number of aromatic nitrogens is 1. The summed E-state index contributed by atoms with van der Waals surface area (Å²) < 4.78 is 0. The monoisotopic (exact) mass is 313 g/mol. The molecule has 0 saturated carbocycles. The van der Waals surface area contributed by atoms with Gasteiger partial charge in [-0.15, -0.1) is 11.3 Å². The van der Waals surface area contributed by atoms with Gasteiger partial charge < -0.3 is 15.7 Å². The van der Waals surface area contributed by atoms with Gasteiger partial charge in [0.05, 0.1) is 5.69 Å². The average Bonchev–Trinajstić information content (AvgIpc) is 2.97. The van der Waals surface area contributed by atoms with Crippen LogP contribution in [-0.4, -0.2) is 16.6 Å². The van der Waals surface area contributed by atoms with Crippen LogP contribution in [0.15, 0.2) is 41.8 Å². The van der Waals surface area contributed by atoms with Crippen molar-refractivity contribution in [2.24, 2.45) is 0 Å². The Kier molecular flexibility index (Phi) is 4.27. The molecule has 0 radical (unpaired) electrons. The number of aromatic hydroxyl groups is 1. The van der Waals surface area contributed by atoms with Gasteiger partial charge in [-0.3, -0.25) is 0 Å². The lowest BCUT2D eigenvalue weighted by molar-refractivity contribution is 0.481. The van der Waals surface area contributed by atoms with Crippen molar-refractivity contribution in [2.45, 2.75) is 19.9 Å². The van der Waals surface area contributed by atoms with Gasteiger partial charge in [0.1, 0.15) is 5.75 Å². The summed E-state index contributed by atoms with van der Waals surface area (Å²) in [6, 6.07) is 11.6. The highest BCUT2D eigenvalue weighted by molar-refractivity contribution is 7.13. The summed E-state index contributed by atoms with van der Waals surface area (Å²) in [4.78, 5) is 4.64. The number of nitrogens with zero attached hydrogens (tertiary/aromatic N) is 1. The summed E-state index contributed by atoms with van der Waals surface area (Å²) in [5, 5.41) is 21.4. The van der Waals surface area contributed by atoms with Crippen molar-refractivity contribution in [3.8, 4) is 5.75 Å². The van der Waals surface area contributed by atoms with Crippen molar-refractivity contribution in [3.63, 3.8) is 0 Å². The number of hydrogen-bond acceptors (Lipinski definition) is 5. The maximum absolute atomic E-state index is 9.95. The highest BCUT2D eigenvalue weighted by Gasteiger charge is 2.10. The van der Waals surface area contributed by atoms with Gasteiger partial charge in [-0.1, -0.05) is 31.2 Å². The molecule has 114 valence electrons. The molecule has 0 bridgehead atoms. The SMILES string of the molecule is CCNC(C)c1csc(Nc2cccc3c(O)cccc23)n1. The Labute approximate surface area is 133 Å². The summed E-state index contributed by atoms with van der Waals surface area (Å²) in [6.45, 7) is 5.12. The number of phenolic OH excluding ortho intramolecular Hbond substituents is 1. The minimum Gasteiger partial charge on any atom is -0.507 e. The van der Waals surface area contributed by atoms with Crippen LogP contribution >= 0.6 is 11.3 Å². The van der Waals surface area contributed by atoms with E-state index in [2.05, 4.69) is 34.8 Å². The molecule has 5 heteroatoms. The zero-order valence-electron chi connectivity index (χ0n) is 12.6. The van der Waals surface area contributed by atoms with Gasteiger partial charge in [0.2, 0.25) is 0 Å². The van der Waals surface area contributed by atoms with E-state index in [9.17, 15) is 5.11 Å². The second-order valence-corrected chi connectivity index (χ2v) is 6.02. The van der Waals surface area contributed by atoms with Gasteiger partial charge in [0, 0.05) is 27.9 Å². The third-order valence-electron chi connectivity index (χ3n) is 3.62. The maximum Gasteiger partial charge on any atom is 0.187 e. The molecule has 1 atom stereocenters. The Balaban J connectivity index is 1.89. The van der Waals surface area contributed by atoms with E-state index in [0.717, 1.165) is 33.8 Å². The Morgan fingerprint density at radius 2 is 1.95 bits per heavy atom. The van der Waals surface area contributed by atoms with Gasteiger partial charge in [0.15, 0.2) is 5.13 Å². The van der Waals surface area contributed by atoms with E-state index in [1.54, 1.807) is 17.4 Å². The van der Waals surface area contributed by atoms with Gasteiger partial charge in [0.25, 0.3) is 0 Å². The van der Waals surface area contributed by atoms with E-state index in [0.29, 0.717) is 5.75 Å². The third kappa shape index (κ3) is 2.91. The van der Waals surface area contributed by atoms with Crippen molar-refractivity contribution >= 4 is 32.9 Å². The second kappa shape index (κ2) is 6.34. The van der Waals surface area contributed by atoms with Crippen LogP contribution in [0.2, 0.25) is 0 Å². The molecule has 3 rings (SSSR count). The van der Waals surface area contributed by atoms with Crippen LogP contribution < -0.4 is 10.6 Å². The molecule has 1 aromatic heterocycles. The molecule has 0 saturated heterocycles. The van der Waals surface area contributed by atoms with Crippen molar-refractivity contribution in [3.05, 3.63) is 47.5 Å². The van der Waals surface area contributed by atoms with Crippen LogP contribution in [0.4, 0.5) is 10.8 Å². The molecule has 0 aliphatic carbocycles. The fourth-order valence-corrected chi connectivity index (χ4v) is 3.29. The fourth-order valence-electron chi connectivity index (χ4n) is 2.47. The molecule has 1 heterocycles. The van der Waals surface area contributed by atoms with E-state index in [4.69, 9.17) is 0 Å². The fraction of sp³-hybridized carbons (Fsp3) is 0.235. The molecule has 3 N–H and O–H groups in total. The molecule has 4 nitrogen and oxygen atoms in total. The van der Waals surface area contributed by atoms with Crippen molar-refractivity contribution in [2.75, 3.05) is 11.9 Å². The topological polar surface area (TPSA) is 57.2 Å². The lowest BCUT2D eigenvalue weighted by Crippen LogP contribution is -2.17. The van der Waals surface area contributed by atoms with E-state index >= 15 is 0 Å². The molecule has 0 spiro atoms. The van der Waals surface area contributed by atoms with Crippen LogP contribution in [0.5, 0.6) is 5.75 Å². The van der Waals surface area contributed by atoms with E-state index < -0.39 is 0 Å². The molecular formula is C17H19N3OS. The standard InChI is InChI=1S/C17H19N3OS/c1-3-18-11(2)15-10-22-17(20-15)19-14-8-4-7-13-12(14)6-5-9-16(13)21/h4-11,18,21H,3H2,1-2H3,(H,19,20). The first-order valence-corrected chi connectivity index (χ1v) is 8.23. The number of anilines is 2. The first-order valence-electron chi connectivity index (χ1n) is 7.35. The number of nitrogens with one attached hydrogen (secondary N) is 2. The second-order valence-electron chi connectivity index (χ2n) is 5.16. The highest BCUT2D eigenvalue weighted by Crippen LogP contribution is 2.32. The van der Waals surface area contributed by atoms with E-state index in [1.165, 1.54) is 0 Å². The predicted molar refractivity (Wildman–Crippen MR) is 93.1 cm³/mol. The van der Waals surface area contributed by atoms with Crippen molar-refractivity contribution < 1.29 is 5.11 Å².